The van der Waals surface area contributed by atoms with Crippen LogP contribution in [0.3, 0.4) is 0 Å². The summed E-state index contributed by atoms with van der Waals surface area (Å²) in [4.78, 5) is 57.6. The van der Waals surface area contributed by atoms with Crippen molar-refractivity contribution in [3.63, 3.8) is 0 Å². The van der Waals surface area contributed by atoms with Crippen LogP contribution in [-0.2, 0) is 24.0 Å². The highest BCUT2D eigenvalue weighted by Crippen LogP contribution is 1.99. The number of thiol groups is 1. The highest BCUT2D eigenvalue weighted by molar-refractivity contribution is 7.98. The number of primary amides is 1. The molecule has 27 heavy (non-hydrogen) atoms. The molecule has 0 aromatic rings. The van der Waals surface area contributed by atoms with Crippen LogP contribution in [0, 0.1) is 0 Å². The number of hydrogen-bond donors (Lipinski definition) is 7. The number of carboxylic acid groups (broad SMARTS) is 1. The minimum absolute atomic E-state index is 0.137. The number of nitrogens with two attached hydrogens (primary N) is 2. The van der Waals surface area contributed by atoms with Crippen molar-refractivity contribution < 1.29 is 29.1 Å². The predicted octanol–water partition coefficient (Wildman–Crippen LogP) is -2.96. The lowest BCUT2D eigenvalue weighted by molar-refractivity contribution is -0.143. The summed E-state index contributed by atoms with van der Waals surface area (Å²) in [5, 5.41) is 15.7. The average molecular weight is 424 g/mol. The fraction of sp³-hybridized carbons (Fsp3) is 0.643. The molecule has 3 atom stereocenters. The van der Waals surface area contributed by atoms with Gasteiger partial charge in [0.25, 0.3) is 0 Å². The molecule has 0 radical (unpaired) electrons. The predicted molar refractivity (Wildman–Crippen MR) is 103 cm³/mol. The Morgan fingerprint density at radius 1 is 1.11 bits per heavy atom. The van der Waals surface area contributed by atoms with Crippen LogP contribution in [0.25, 0.3) is 0 Å². The van der Waals surface area contributed by atoms with Gasteiger partial charge in [-0.1, -0.05) is 0 Å². The fourth-order valence-corrected chi connectivity index (χ4v) is 2.53. The second-order valence-corrected chi connectivity index (χ2v) is 6.83. The zero-order valence-electron chi connectivity index (χ0n) is 14.8. The highest BCUT2D eigenvalue weighted by Gasteiger charge is 2.27. The first-order valence-corrected chi connectivity index (χ1v) is 9.88. The fourth-order valence-electron chi connectivity index (χ4n) is 1.79. The lowest BCUT2D eigenvalue weighted by Crippen LogP contribution is -2.55. The van der Waals surface area contributed by atoms with E-state index in [1.165, 1.54) is 11.8 Å². The molecule has 0 spiro atoms. The van der Waals surface area contributed by atoms with Crippen LogP contribution in [0.1, 0.15) is 12.8 Å². The van der Waals surface area contributed by atoms with Gasteiger partial charge in [-0.3, -0.25) is 19.2 Å². The maximum atomic E-state index is 12.1. The molecule has 0 aliphatic heterocycles. The number of thioether (sulfide) groups is 1. The summed E-state index contributed by atoms with van der Waals surface area (Å²) in [6.45, 7) is -0.410. The molecule has 0 fully saturated rings. The minimum Gasteiger partial charge on any atom is -0.480 e. The van der Waals surface area contributed by atoms with Gasteiger partial charge in [0.2, 0.25) is 23.6 Å². The van der Waals surface area contributed by atoms with Crippen LogP contribution < -0.4 is 27.4 Å². The smallest absolute Gasteiger partial charge is 0.326 e. The second-order valence-electron chi connectivity index (χ2n) is 5.48. The molecule has 3 unspecified atom stereocenters. The molecule has 0 aliphatic rings. The largest absolute Gasteiger partial charge is 0.480 e. The average Bonchev–Trinajstić information content (AvgIpc) is 2.60. The Labute approximate surface area is 166 Å². The van der Waals surface area contributed by atoms with Crippen LogP contribution >= 0.6 is 24.4 Å². The molecule has 154 valence electrons. The third-order valence-electron chi connectivity index (χ3n) is 3.25. The number of nitrogens with one attached hydrogen (secondary N) is 3. The summed E-state index contributed by atoms with van der Waals surface area (Å²) in [7, 11) is 0. The van der Waals surface area contributed by atoms with Gasteiger partial charge in [0.15, 0.2) is 0 Å². The van der Waals surface area contributed by atoms with Gasteiger partial charge in [-0.2, -0.15) is 24.4 Å². The van der Waals surface area contributed by atoms with Crippen molar-refractivity contribution in [1.29, 1.82) is 0 Å². The van der Waals surface area contributed by atoms with Gasteiger partial charge in [-0.15, -0.1) is 0 Å². The second kappa shape index (κ2) is 13.2. The summed E-state index contributed by atoms with van der Waals surface area (Å²) in [6.07, 6.45) is 1.73. The van der Waals surface area contributed by atoms with Gasteiger partial charge in [-0.05, 0) is 18.4 Å². The minimum atomic E-state index is -1.52. The lowest BCUT2D eigenvalue weighted by atomic mass is 10.2. The Hall–Kier alpha value is -1.99. The Bertz CT molecular complexity index is 562. The Morgan fingerprint density at radius 2 is 1.74 bits per heavy atom. The summed E-state index contributed by atoms with van der Waals surface area (Å²) in [6, 6.07) is -3.44. The van der Waals surface area contributed by atoms with Crippen LogP contribution in [0.5, 0.6) is 0 Å². The molecule has 0 aromatic heterocycles. The zero-order valence-corrected chi connectivity index (χ0v) is 16.5. The molecule has 0 aliphatic carbocycles. The van der Waals surface area contributed by atoms with Crippen molar-refractivity contribution in [2.45, 2.75) is 31.0 Å². The first kappa shape index (κ1) is 25.0. The van der Waals surface area contributed by atoms with Crippen LogP contribution in [0.2, 0.25) is 0 Å². The van der Waals surface area contributed by atoms with Crippen LogP contribution in [0.15, 0.2) is 0 Å². The Kier molecular flexibility index (Phi) is 12.2. The molecule has 0 rings (SSSR count). The first-order valence-electron chi connectivity index (χ1n) is 7.86. The van der Waals surface area contributed by atoms with Crippen molar-refractivity contribution in [2.24, 2.45) is 11.5 Å². The third kappa shape index (κ3) is 10.7. The summed E-state index contributed by atoms with van der Waals surface area (Å²) in [5.41, 5.74) is 10.6. The van der Waals surface area contributed by atoms with Gasteiger partial charge >= 0.3 is 5.97 Å². The first-order chi connectivity index (χ1) is 12.6. The number of amides is 4. The van der Waals surface area contributed by atoms with E-state index in [1.54, 1.807) is 0 Å². The van der Waals surface area contributed by atoms with Gasteiger partial charge in [-0.25, -0.2) is 4.79 Å². The number of hydrogen-bond acceptors (Lipinski definition) is 8. The molecule has 0 saturated heterocycles. The van der Waals surface area contributed by atoms with Crippen molar-refractivity contribution >= 4 is 54.0 Å². The molecule has 0 bridgehead atoms. The molecule has 0 aromatic carbocycles. The normalized spacial score (nSPS) is 13.7. The van der Waals surface area contributed by atoms with E-state index < -0.39 is 60.7 Å². The quantitative estimate of drug-likeness (QED) is 0.153. The number of rotatable bonds is 13. The Morgan fingerprint density at radius 3 is 2.22 bits per heavy atom. The highest BCUT2D eigenvalue weighted by atomic mass is 32.2. The number of carbonyl (C=O) groups is 5. The number of carbonyl (C=O) groups excluding carboxylic acids is 4. The van der Waals surface area contributed by atoms with Gasteiger partial charge in [0, 0.05) is 5.75 Å². The topological polar surface area (TPSA) is 194 Å². The van der Waals surface area contributed by atoms with E-state index in [0.717, 1.165) is 0 Å². The summed E-state index contributed by atoms with van der Waals surface area (Å²) < 4.78 is 0. The molecule has 8 N–H and O–H groups in total. The third-order valence-corrected chi connectivity index (χ3v) is 4.26. The lowest BCUT2D eigenvalue weighted by Gasteiger charge is -2.20. The molecular weight excluding hydrogens is 398 g/mol. The van der Waals surface area contributed by atoms with Crippen LogP contribution in [-0.4, -0.2) is 77.1 Å². The van der Waals surface area contributed by atoms with Gasteiger partial charge in [0.05, 0.1) is 19.0 Å². The maximum absolute atomic E-state index is 12.1. The summed E-state index contributed by atoms with van der Waals surface area (Å²) >= 11 is 5.46. The van der Waals surface area contributed by atoms with Gasteiger partial charge < -0.3 is 32.5 Å². The zero-order chi connectivity index (χ0) is 21.0. The van der Waals surface area contributed by atoms with Crippen molar-refractivity contribution in [2.75, 3.05) is 24.3 Å². The van der Waals surface area contributed by atoms with Gasteiger partial charge in [0.1, 0.15) is 12.1 Å². The van der Waals surface area contributed by atoms with E-state index in [4.69, 9.17) is 16.6 Å². The van der Waals surface area contributed by atoms with E-state index in [1.807, 2.05) is 6.26 Å². The maximum Gasteiger partial charge on any atom is 0.326 e. The molecule has 4 amide bonds. The van der Waals surface area contributed by atoms with E-state index in [2.05, 4.69) is 28.6 Å². The van der Waals surface area contributed by atoms with Crippen molar-refractivity contribution in [1.82, 2.24) is 16.0 Å². The molecule has 0 saturated carbocycles. The van der Waals surface area contributed by atoms with E-state index >= 15 is 0 Å². The molecule has 11 nitrogen and oxygen atoms in total. The monoisotopic (exact) mass is 423 g/mol. The molecule has 0 heterocycles. The van der Waals surface area contributed by atoms with Crippen LogP contribution in [0.4, 0.5) is 0 Å². The van der Waals surface area contributed by atoms with E-state index in [0.29, 0.717) is 12.2 Å². The summed E-state index contributed by atoms with van der Waals surface area (Å²) in [5.74, 6) is -3.84. The van der Waals surface area contributed by atoms with E-state index in [-0.39, 0.29) is 5.75 Å². The Balaban J connectivity index is 4.57. The standard InChI is InChI=1S/C14H25N5O6S2/c1-27-3-2-7(15)12(22)17-5-11(21)18-9(6-26)13(23)19-8(14(24)25)4-10(16)20/h7-9,26H,2-6,15H2,1H3,(H2,16,20)(H,17,22)(H,18,21)(H,19,23)(H,24,25). The SMILES string of the molecule is CSCCC(N)C(=O)NCC(=O)NC(CS)C(=O)NC(CC(N)=O)C(=O)O. The molecular formula is C14H25N5O6S2. The molecule has 13 heteroatoms. The number of carboxylic acids is 1. The van der Waals surface area contributed by atoms with Crippen molar-refractivity contribution in [3.8, 4) is 0 Å². The number of aliphatic carboxylic acids is 1. The van der Waals surface area contributed by atoms with Crippen molar-refractivity contribution in [3.05, 3.63) is 0 Å². The van der Waals surface area contributed by atoms with E-state index in [9.17, 15) is 24.0 Å².